The van der Waals surface area contributed by atoms with Crippen LogP contribution >= 0.6 is 0 Å². The molecule has 0 aliphatic heterocycles. The van der Waals surface area contributed by atoms with Crippen LogP contribution < -0.4 is 5.32 Å². The zero-order valence-corrected chi connectivity index (χ0v) is 12.2. The third kappa shape index (κ3) is 2.87. The van der Waals surface area contributed by atoms with Gasteiger partial charge in [0, 0.05) is 24.9 Å². The topological polar surface area (TPSA) is 51.5 Å². The monoisotopic (exact) mass is 282 g/mol. The number of aromatic nitrogens is 3. The van der Waals surface area contributed by atoms with Crippen molar-refractivity contribution < 1.29 is 4.74 Å². The van der Waals surface area contributed by atoms with E-state index in [0.717, 1.165) is 22.6 Å². The third-order valence-corrected chi connectivity index (χ3v) is 3.26. The Morgan fingerprint density at radius 2 is 2.14 bits per heavy atom. The maximum atomic E-state index is 5.13. The van der Waals surface area contributed by atoms with E-state index in [4.69, 9.17) is 4.74 Å². The number of hydrogen-bond acceptors (Lipinski definition) is 4. The number of fused-ring (bicyclic) bond motifs is 1. The van der Waals surface area contributed by atoms with E-state index in [0.29, 0.717) is 6.61 Å². The molecule has 3 heterocycles. The van der Waals surface area contributed by atoms with E-state index in [-0.39, 0.29) is 6.04 Å². The van der Waals surface area contributed by atoms with E-state index in [1.54, 1.807) is 7.11 Å². The first-order valence-electron chi connectivity index (χ1n) is 6.93. The summed E-state index contributed by atoms with van der Waals surface area (Å²) in [6.45, 7) is 2.70. The zero-order chi connectivity index (χ0) is 14.7. The number of rotatable bonds is 5. The Bertz CT molecular complexity index is 738. The maximum Gasteiger partial charge on any atom is 0.126 e. The Morgan fingerprint density at radius 3 is 3.00 bits per heavy atom. The second-order valence-corrected chi connectivity index (χ2v) is 5.00. The van der Waals surface area contributed by atoms with Crippen LogP contribution in [-0.4, -0.2) is 34.4 Å². The van der Waals surface area contributed by atoms with Crippen molar-refractivity contribution in [3.05, 3.63) is 48.8 Å². The Labute approximate surface area is 123 Å². The number of hydrogen-bond donors (Lipinski definition) is 1. The van der Waals surface area contributed by atoms with Crippen LogP contribution in [0.1, 0.15) is 6.92 Å². The lowest BCUT2D eigenvalue weighted by atomic mass is 10.2. The van der Waals surface area contributed by atoms with E-state index in [1.807, 2.05) is 53.3 Å². The molecule has 0 aliphatic carbocycles. The second kappa shape index (κ2) is 5.93. The predicted octanol–water partition coefficient (Wildman–Crippen LogP) is 2.84. The highest BCUT2D eigenvalue weighted by Crippen LogP contribution is 2.23. The van der Waals surface area contributed by atoms with Crippen molar-refractivity contribution in [3.63, 3.8) is 0 Å². The minimum atomic E-state index is 0.210. The molecule has 1 atom stereocenters. The number of methoxy groups -OCH3 is 1. The number of anilines is 1. The summed E-state index contributed by atoms with van der Waals surface area (Å²) in [5.74, 6) is 0.840. The van der Waals surface area contributed by atoms with Crippen LogP contribution in [0.3, 0.4) is 0 Å². The Balaban J connectivity index is 1.92. The van der Waals surface area contributed by atoms with Crippen molar-refractivity contribution in [2.75, 3.05) is 19.0 Å². The molecule has 21 heavy (non-hydrogen) atoms. The number of nitrogens with one attached hydrogen (secondary N) is 1. The van der Waals surface area contributed by atoms with Gasteiger partial charge in [-0.3, -0.25) is 0 Å². The van der Waals surface area contributed by atoms with Crippen molar-refractivity contribution in [2.24, 2.45) is 0 Å². The molecule has 0 aromatic carbocycles. The van der Waals surface area contributed by atoms with Crippen LogP contribution in [0.2, 0.25) is 0 Å². The average Bonchev–Trinajstić information content (AvgIpc) is 2.91. The molecule has 0 amide bonds. The van der Waals surface area contributed by atoms with Gasteiger partial charge in [0.25, 0.3) is 0 Å². The van der Waals surface area contributed by atoms with E-state index >= 15 is 0 Å². The van der Waals surface area contributed by atoms with Gasteiger partial charge in [-0.25, -0.2) is 9.50 Å². The van der Waals surface area contributed by atoms with Crippen molar-refractivity contribution in [1.82, 2.24) is 14.6 Å². The van der Waals surface area contributed by atoms with Crippen molar-refractivity contribution >= 4 is 11.3 Å². The van der Waals surface area contributed by atoms with Crippen molar-refractivity contribution in [2.45, 2.75) is 13.0 Å². The molecular weight excluding hydrogens is 264 g/mol. The van der Waals surface area contributed by atoms with Gasteiger partial charge >= 0.3 is 0 Å². The fourth-order valence-corrected chi connectivity index (χ4v) is 2.34. The van der Waals surface area contributed by atoms with E-state index in [9.17, 15) is 0 Å². The molecule has 1 N–H and O–H groups in total. The molecule has 0 saturated heterocycles. The van der Waals surface area contributed by atoms with Crippen LogP contribution in [0, 0.1) is 0 Å². The highest BCUT2D eigenvalue weighted by atomic mass is 16.5. The molecule has 0 bridgehead atoms. The summed E-state index contributed by atoms with van der Waals surface area (Å²) in [4.78, 5) is 4.67. The molecule has 3 rings (SSSR count). The molecular formula is C16H18N4O. The Morgan fingerprint density at radius 1 is 1.24 bits per heavy atom. The number of pyridine rings is 2. The van der Waals surface area contributed by atoms with Gasteiger partial charge in [-0.1, -0.05) is 12.1 Å². The van der Waals surface area contributed by atoms with Gasteiger partial charge in [-0.05, 0) is 31.2 Å². The van der Waals surface area contributed by atoms with Crippen LogP contribution in [0.15, 0.2) is 48.8 Å². The number of nitrogens with zero attached hydrogens (tertiary/aromatic N) is 3. The first kappa shape index (κ1) is 13.6. The quantitative estimate of drug-likeness (QED) is 0.782. The van der Waals surface area contributed by atoms with E-state index < -0.39 is 0 Å². The van der Waals surface area contributed by atoms with Gasteiger partial charge in [0.2, 0.25) is 0 Å². The Hall–Kier alpha value is -2.40. The summed E-state index contributed by atoms with van der Waals surface area (Å²) in [6, 6.07) is 12.2. The molecule has 0 spiro atoms. The second-order valence-electron chi connectivity index (χ2n) is 5.00. The molecule has 108 valence electrons. The molecule has 0 fully saturated rings. The SMILES string of the molecule is COC[C@H](C)Nc1cccc(-c2cnn3ccccc23)n1. The van der Waals surface area contributed by atoms with Crippen molar-refractivity contribution in [1.29, 1.82) is 0 Å². The molecule has 3 aromatic rings. The lowest BCUT2D eigenvalue weighted by Gasteiger charge is -2.13. The van der Waals surface area contributed by atoms with Gasteiger partial charge in [-0.2, -0.15) is 5.10 Å². The van der Waals surface area contributed by atoms with Gasteiger partial charge in [0.15, 0.2) is 0 Å². The van der Waals surface area contributed by atoms with Crippen LogP contribution in [0.25, 0.3) is 16.8 Å². The summed E-state index contributed by atoms with van der Waals surface area (Å²) in [7, 11) is 1.70. The summed E-state index contributed by atoms with van der Waals surface area (Å²) in [5, 5.41) is 7.68. The van der Waals surface area contributed by atoms with Gasteiger partial charge in [0.1, 0.15) is 5.82 Å². The fraction of sp³-hybridized carbons (Fsp3) is 0.250. The molecule has 3 aromatic heterocycles. The molecule has 5 heteroatoms. The van der Waals surface area contributed by atoms with Crippen LogP contribution in [-0.2, 0) is 4.74 Å². The third-order valence-electron chi connectivity index (χ3n) is 3.26. The first-order chi connectivity index (χ1) is 10.3. The van der Waals surface area contributed by atoms with Gasteiger partial charge < -0.3 is 10.1 Å². The minimum Gasteiger partial charge on any atom is -0.383 e. The Kier molecular flexibility index (Phi) is 3.83. The molecule has 5 nitrogen and oxygen atoms in total. The zero-order valence-electron chi connectivity index (χ0n) is 12.2. The smallest absolute Gasteiger partial charge is 0.126 e. The highest BCUT2D eigenvalue weighted by Gasteiger charge is 2.09. The predicted molar refractivity (Wildman–Crippen MR) is 83.4 cm³/mol. The number of ether oxygens (including phenoxy) is 1. The molecule has 0 saturated carbocycles. The molecule has 0 aliphatic rings. The van der Waals surface area contributed by atoms with Crippen LogP contribution in [0.5, 0.6) is 0 Å². The lowest BCUT2D eigenvalue weighted by molar-refractivity contribution is 0.190. The average molecular weight is 282 g/mol. The maximum absolute atomic E-state index is 5.13. The minimum absolute atomic E-state index is 0.210. The van der Waals surface area contributed by atoms with E-state index in [2.05, 4.69) is 22.3 Å². The normalized spacial score (nSPS) is 12.5. The summed E-state index contributed by atoms with van der Waals surface area (Å²) < 4.78 is 6.98. The fourth-order valence-electron chi connectivity index (χ4n) is 2.34. The highest BCUT2D eigenvalue weighted by molar-refractivity contribution is 5.78. The first-order valence-corrected chi connectivity index (χ1v) is 6.93. The summed E-state index contributed by atoms with van der Waals surface area (Å²) in [5.41, 5.74) is 2.98. The van der Waals surface area contributed by atoms with Gasteiger partial charge in [0.05, 0.1) is 24.0 Å². The van der Waals surface area contributed by atoms with Crippen LogP contribution in [0.4, 0.5) is 5.82 Å². The van der Waals surface area contributed by atoms with E-state index in [1.165, 1.54) is 0 Å². The van der Waals surface area contributed by atoms with Gasteiger partial charge in [-0.15, -0.1) is 0 Å². The van der Waals surface area contributed by atoms with Crippen molar-refractivity contribution in [3.8, 4) is 11.3 Å². The summed E-state index contributed by atoms with van der Waals surface area (Å²) >= 11 is 0. The molecule has 0 radical (unpaired) electrons. The summed E-state index contributed by atoms with van der Waals surface area (Å²) in [6.07, 6.45) is 3.78. The molecule has 0 unspecified atom stereocenters. The standard InChI is InChI=1S/C16H18N4O/c1-12(11-21-2)18-16-8-5-6-14(19-16)13-10-17-20-9-4-3-7-15(13)20/h3-10,12H,11H2,1-2H3,(H,18,19)/t12-/m0/s1. The largest absolute Gasteiger partial charge is 0.383 e. The lowest BCUT2D eigenvalue weighted by Crippen LogP contribution is -2.21.